The number of hydrogen-bond acceptors (Lipinski definition) is 2. The van der Waals surface area contributed by atoms with E-state index in [-0.39, 0.29) is 17.7 Å². The third-order valence-electron chi connectivity index (χ3n) is 4.87. The summed E-state index contributed by atoms with van der Waals surface area (Å²) < 4.78 is 0. The molecule has 2 N–H and O–H groups in total. The van der Waals surface area contributed by atoms with Gasteiger partial charge in [-0.3, -0.25) is 4.79 Å². The zero-order valence-corrected chi connectivity index (χ0v) is 12.0. The maximum Gasteiger partial charge on any atom is 0.330 e. The molecule has 112 valence electrons. The lowest BCUT2D eigenvalue weighted by Gasteiger charge is -2.23. The number of carbonyl (C=O) groups is 2. The summed E-state index contributed by atoms with van der Waals surface area (Å²) in [4.78, 5) is 24.0. The van der Waals surface area contributed by atoms with Gasteiger partial charge >= 0.3 is 5.97 Å². The van der Waals surface area contributed by atoms with Gasteiger partial charge in [0, 0.05) is 11.8 Å². The molecule has 0 spiro atoms. The molecule has 0 aliphatic heterocycles. The SMILES string of the molecule is O=C(NC1(C(=O)O)CC1c1ccccc1)C1CCCCC1. The van der Waals surface area contributed by atoms with Crippen molar-refractivity contribution in [3.63, 3.8) is 0 Å². The van der Waals surface area contributed by atoms with Crippen molar-refractivity contribution in [3.05, 3.63) is 35.9 Å². The van der Waals surface area contributed by atoms with Gasteiger partial charge in [0.05, 0.1) is 0 Å². The van der Waals surface area contributed by atoms with Gasteiger partial charge in [0.1, 0.15) is 5.54 Å². The van der Waals surface area contributed by atoms with Crippen LogP contribution in [0.2, 0.25) is 0 Å². The number of rotatable bonds is 4. The molecule has 1 amide bonds. The molecule has 0 bridgehead atoms. The minimum atomic E-state index is -1.09. The molecule has 0 saturated heterocycles. The Morgan fingerprint density at radius 1 is 1.10 bits per heavy atom. The first-order valence-electron chi connectivity index (χ1n) is 7.74. The summed E-state index contributed by atoms with van der Waals surface area (Å²) >= 11 is 0. The van der Waals surface area contributed by atoms with Crippen molar-refractivity contribution >= 4 is 11.9 Å². The molecular formula is C17H21NO3. The van der Waals surface area contributed by atoms with Crippen molar-refractivity contribution in [1.29, 1.82) is 0 Å². The predicted octanol–water partition coefficient (Wildman–Crippen LogP) is 2.69. The fourth-order valence-corrected chi connectivity index (χ4v) is 3.47. The Balaban J connectivity index is 1.72. The van der Waals surface area contributed by atoms with Crippen LogP contribution >= 0.6 is 0 Å². The van der Waals surface area contributed by atoms with Crippen molar-refractivity contribution in [2.75, 3.05) is 0 Å². The average molecular weight is 287 g/mol. The molecule has 1 aromatic rings. The second-order valence-electron chi connectivity index (χ2n) is 6.27. The standard InChI is InChI=1S/C17H21NO3/c19-15(13-9-5-2-6-10-13)18-17(16(20)21)11-14(17)12-7-3-1-4-8-12/h1,3-4,7-8,13-14H,2,5-6,9-11H2,(H,18,19)(H,20,21). The fraction of sp³-hybridized carbons (Fsp3) is 0.529. The molecule has 2 atom stereocenters. The van der Waals surface area contributed by atoms with Gasteiger partial charge < -0.3 is 10.4 Å². The Morgan fingerprint density at radius 3 is 2.38 bits per heavy atom. The molecule has 3 rings (SSSR count). The van der Waals surface area contributed by atoms with Gasteiger partial charge in [-0.1, -0.05) is 49.6 Å². The molecule has 2 fully saturated rings. The van der Waals surface area contributed by atoms with Gasteiger partial charge in [-0.15, -0.1) is 0 Å². The highest BCUT2D eigenvalue weighted by Crippen LogP contribution is 2.51. The van der Waals surface area contributed by atoms with Crippen LogP contribution in [0.25, 0.3) is 0 Å². The van der Waals surface area contributed by atoms with Crippen LogP contribution in [0.4, 0.5) is 0 Å². The Morgan fingerprint density at radius 2 is 1.76 bits per heavy atom. The molecular weight excluding hydrogens is 266 g/mol. The first-order chi connectivity index (χ1) is 10.1. The Kier molecular flexibility index (Phi) is 3.70. The fourth-order valence-electron chi connectivity index (χ4n) is 3.47. The number of amides is 1. The first-order valence-corrected chi connectivity index (χ1v) is 7.74. The summed E-state index contributed by atoms with van der Waals surface area (Å²) in [5.41, 5.74) is -0.0977. The van der Waals surface area contributed by atoms with Gasteiger partial charge in [-0.2, -0.15) is 0 Å². The summed E-state index contributed by atoms with van der Waals surface area (Å²) in [6.07, 6.45) is 5.58. The zero-order chi connectivity index (χ0) is 14.9. The Labute approximate surface area is 124 Å². The predicted molar refractivity (Wildman–Crippen MR) is 78.9 cm³/mol. The van der Waals surface area contributed by atoms with Crippen LogP contribution in [-0.4, -0.2) is 22.5 Å². The van der Waals surface area contributed by atoms with Crippen molar-refractivity contribution in [1.82, 2.24) is 5.32 Å². The second-order valence-corrected chi connectivity index (χ2v) is 6.27. The monoisotopic (exact) mass is 287 g/mol. The quantitative estimate of drug-likeness (QED) is 0.894. The van der Waals surface area contributed by atoms with E-state index in [1.165, 1.54) is 6.42 Å². The molecule has 2 saturated carbocycles. The lowest BCUT2D eigenvalue weighted by molar-refractivity contribution is -0.144. The number of aliphatic carboxylic acids is 1. The molecule has 0 aromatic heterocycles. The van der Waals surface area contributed by atoms with Crippen molar-refractivity contribution in [3.8, 4) is 0 Å². The summed E-state index contributed by atoms with van der Waals surface area (Å²) in [7, 11) is 0. The summed E-state index contributed by atoms with van der Waals surface area (Å²) in [5.74, 6) is -1.10. The highest BCUT2D eigenvalue weighted by molar-refractivity contribution is 5.92. The van der Waals surface area contributed by atoms with E-state index in [4.69, 9.17) is 0 Å². The Bertz CT molecular complexity index is 536. The first kappa shape index (κ1) is 14.1. The number of nitrogens with one attached hydrogen (secondary N) is 1. The molecule has 0 radical (unpaired) electrons. The van der Waals surface area contributed by atoms with E-state index in [1.807, 2.05) is 30.3 Å². The van der Waals surface area contributed by atoms with Crippen LogP contribution < -0.4 is 5.32 Å². The van der Waals surface area contributed by atoms with Gasteiger partial charge in [0.25, 0.3) is 0 Å². The number of benzene rings is 1. The average Bonchev–Trinajstić information content (AvgIpc) is 3.25. The molecule has 2 unspecified atom stereocenters. The van der Waals surface area contributed by atoms with Crippen LogP contribution in [-0.2, 0) is 9.59 Å². The smallest absolute Gasteiger partial charge is 0.330 e. The maximum atomic E-state index is 12.4. The normalized spacial score (nSPS) is 28.9. The van der Waals surface area contributed by atoms with E-state index < -0.39 is 11.5 Å². The topological polar surface area (TPSA) is 66.4 Å². The van der Waals surface area contributed by atoms with E-state index in [0.717, 1.165) is 31.2 Å². The lowest BCUT2D eigenvalue weighted by atomic mass is 9.88. The van der Waals surface area contributed by atoms with Gasteiger partial charge in [-0.25, -0.2) is 4.79 Å². The minimum absolute atomic E-state index is 0.00741. The van der Waals surface area contributed by atoms with E-state index in [2.05, 4.69) is 5.32 Å². The number of hydrogen-bond donors (Lipinski definition) is 2. The summed E-state index contributed by atoms with van der Waals surface area (Å²) in [6, 6.07) is 9.59. The van der Waals surface area contributed by atoms with Crippen LogP contribution in [0, 0.1) is 5.92 Å². The van der Waals surface area contributed by atoms with Crippen LogP contribution in [0.5, 0.6) is 0 Å². The number of carboxylic acids is 1. The number of carboxylic acid groups (broad SMARTS) is 1. The molecule has 4 heteroatoms. The molecule has 0 heterocycles. The van der Waals surface area contributed by atoms with Crippen molar-refractivity contribution in [2.24, 2.45) is 5.92 Å². The van der Waals surface area contributed by atoms with E-state index >= 15 is 0 Å². The maximum absolute atomic E-state index is 12.4. The van der Waals surface area contributed by atoms with Crippen LogP contribution in [0.1, 0.15) is 50.0 Å². The van der Waals surface area contributed by atoms with E-state index in [1.54, 1.807) is 0 Å². The van der Waals surface area contributed by atoms with Crippen molar-refractivity contribution < 1.29 is 14.7 Å². The molecule has 4 nitrogen and oxygen atoms in total. The van der Waals surface area contributed by atoms with Gasteiger partial charge in [0.15, 0.2) is 0 Å². The summed E-state index contributed by atoms with van der Waals surface area (Å²) in [6.45, 7) is 0. The Hall–Kier alpha value is -1.84. The van der Waals surface area contributed by atoms with Crippen molar-refractivity contribution in [2.45, 2.75) is 50.0 Å². The molecule has 21 heavy (non-hydrogen) atoms. The molecule has 2 aliphatic carbocycles. The highest BCUT2D eigenvalue weighted by atomic mass is 16.4. The van der Waals surface area contributed by atoms with Gasteiger partial charge in [0.2, 0.25) is 5.91 Å². The largest absolute Gasteiger partial charge is 0.479 e. The third kappa shape index (κ3) is 2.67. The summed E-state index contributed by atoms with van der Waals surface area (Å²) in [5, 5.41) is 12.4. The third-order valence-corrected chi connectivity index (χ3v) is 4.87. The lowest BCUT2D eigenvalue weighted by Crippen LogP contribution is -2.47. The zero-order valence-electron chi connectivity index (χ0n) is 12.0. The van der Waals surface area contributed by atoms with E-state index in [9.17, 15) is 14.7 Å². The molecule has 2 aliphatic rings. The van der Waals surface area contributed by atoms with Crippen LogP contribution in [0.3, 0.4) is 0 Å². The number of carbonyl (C=O) groups excluding carboxylic acids is 1. The van der Waals surface area contributed by atoms with E-state index in [0.29, 0.717) is 6.42 Å². The second kappa shape index (κ2) is 5.51. The van der Waals surface area contributed by atoms with Crippen LogP contribution in [0.15, 0.2) is 30.3 Å². The molecule has 1 aromatic carbocycles. The van der Waals surface area contributed by atoms with Gasteiger partial charge in [-0.05, 0) is 24.8 Å². The minimum Gasteiger partial charge on any atom is -0.479 e. The highest BCUT2D eigenvalue weighted by Gasteiger charge is 2.62.